The summed E-state index contributed by atoms with van der Waals surface area (Å²) in [5, 5.41) is 10.3. The van der Waals surface area contributed by atoms with E-state index in [9.17, 15) is 9.90 Å². The zero-order valence-electron chi connectivity index (χ0n) is 18.2. The Morgan fingerprint density at radius 3 is 2.07 bits per heavy atom. The summed E-state index contributed by atoms with van der Waals surface area (Å²) in [6.45, 7) is 10.8. The third kappa shape index (κ3) is 9.30. The molecule has 0 saturated heterocycles. The zero-order chi connectivity index (χ0) is 20.3. The number of phenolic OH excluding ortho intramolecular Hbond substituents is 1. The lowest BCUT2D eigenvalue weighted by atomic mass is 9.84. The van der Waals surface area contributed by atoms with Crippen molar-refractivity contribution < 1.29 is 14.6 Å². The van der Waals surface area contributed by atoms with Crippen molar-refractivity contribution in [3.63, 3.8) is 0 Å². The molecule has 0 aromatic heterocycles. The lowest BCUT2D eigenvalue weighted by molar-refractivity contribution is -0.142. The minimum Gasteiger partial charge on any atom is -0.507 e. The second-order valence-corrected chi connectivity index (χ2v) is 8.78. The largest absolute Gasteiger partial charge is 0.507 e. The summed E-state index contributed by atoms with van der Waals surface area (Å²) in [6, 6.07) is 3.81. The summed E-state index contributed by atoms with van der Waals surface area (Å²) >= 11 is 0. The number of phenols is 1. The third-order valence-corrected chi connectivity index (χ3v) is 5.03. The summed E-state index contributed by atoms with van der Waals surface area (Å²) in [6.07, 6.45) is 11.6. The van der Waals surface area contributed by atoms with Crippen molar-refractivity contribution in [2.24, 2.45) is 0 Å². The van der Waals surface area contributed by atoms with Gasteiger partial charge in [-0.15, -0.1) is 0 Å². The Kier molecular flexibility index (Phi) is 10.5. The van der Waals surface area contributed by atoms with Gasteiger partial charge < -0.3 is 9.84 Å². The van der Waals surface area contributed by atoms with E-state index < -0.39 is 0 Å². The molecule has 0 aliphatic heterocycles. The van der Waals surface area contributed by atoms with Gasteiger partial charge in [-0.2, -0.15) is 0 Å². The fourth-order valence-electron chi connectivity index (χ4n) is 3.34. The van der Waals surface area contributed by atoms with Crippen LogP contribution in [-0.2, 0) is 21.4 Å². The Bertz CT molecular complexity index is 570. The molecule has 27 heavy (non-hydrogen) atoms. The number of rotatable bonds is 12. The van der Waals surface area contributed by atoms with Crippen molar-refractivity contribution in [3.8, 4) is 5.75 Å². The van der Waals surface area contributed by atoms with Crippen molar-refractivity contribution >= 4 is 5.97 Å². The maximum absolute atomic E-state index is 12.1. The minimum absolute atomic E-state index is 0.161. The Hall–Kier alpha value is -1.51. The lowest BCUT2D eigenvalue weighted by Gasteiger charge is -2.22. The third-order valence-electron chi connectivity index (χ3n) is 5.03. The van der Waals surface area contributed by atoms with Gasteiger partial charge in [0.1, 0.15) is 5.75 Å². The predicted octanol–water partition coefficient (Wildman–Crippen LogP) is 6.61. The van der Waals surface area contributed by atoms with Gasteiger partial charge in [-0.1, -0.05) is 91.2 Å². The van der Waals surface area contributed by atoms with Crippen LogP contribution in [0.4, 0.5) is 0 Å². The Labute approximate surface area is 166 Å². The first-order chi connectivity index (χ1) is 12.8. The predicted molar refractivity (Wildman–Crippen MR) is 113 cm³/mol. The second kappa shape index (κ2) is 12.0. The van der Waals surface area contributed by atoms with Gasteiger partial charge in [-0.3, -0.25) is 4.79 Å². The smallest absolute Gasteiger partial charge is 0.310 e. The van der Waals surface area contributed by atoms with E-state index in [-0.39, 0.29) is 17.8 Å². The average molecular weight is 377 g/mol. The molecule has 0 atom stereocenters. The molecule has 1 aromatic carbocycles. The second-order valence-electron chi connectivity index (χ2n) is 8.78. The van der Waals surface area contributed by atoms with E-state index >= 15 is 0 Å². The van der Waals surface area contributed by atoms with Gasteiger partial charge >= 0.3 is 5.97 Å². The van der Waals surface area contributed by atoms with Gasteiger partial charge in [0.05, 0.1) is 13.0 Å². The summed E-state index contributed by atoms with van der Waals surface area (Å²) in [5.41, 5.74) is 2.44. The van der Waals surface area contributed by atoms with Crippen molar-refractivity contribution in [2.75, 3.05) is 6.61 Å². The number of aromatic hydroxyl groups is 1. The molecular weight excluding hydrogens is 336 g/mol. The first-order valence-electron chi connectivity index (χ1n) is 10.7. The molecule has 0 aliphatic rings. The average Bonchev–Trinajstić information content (AvgIpc) is 2.58. The van der Waals surface area contributed by atoms with Crippen molar-refractivity contribution in [2.45, 2.75) is 104 Å². The fourth-order valence-corrected chi connectivity index (χ4v) is 3.34. The molecule has 0 amide bonds. The number of carbonyl (C=O) groups is 1. The molecular formula is C24H40O3. The van der Waals surface area contributed by atoms with Gasteiger partial charge in [0, 0.05) is 0 Å². The van der Waals surface area contributed by atoms with Gasteiger partial charge in [0.15, 0.2) is 0 Å². The van der Waals surface area contributed by atoms with Gasteiger partial charge in [0.25, 0.3) is 0 Å². The van der Waals surface area contributed by atoms with E-state index in [0.717, 1.165) is 29.5 Å². The van der Waals surface area contributed by atoms with Gasteiger partial charge in [-0.05, 0) is 35.4 Å². The monoisotopic (exact) mass is 376 g/mol. The molecule has 3 nitrogen and oxygen atoms in total. The maximum Gasteiger partial charge on any atom is 0.310 e. The van der Waals surface area contributed by atoms with Crippen molar-refractivity contribution in [3.05, 3.63) is 28.8 Å². The zero-order valence-corrected chi connectivity index (χ0v) is 18.2. The number of carbonyl (C=O) groups excluding carboxylic acids is 1. The highest BCUT2D eigenvalue weighted by molar-refractivity contribution is 5.73. The number of esters is 1. The Balaban J connectivity index is 2.28. The maximum atomic E-state index is 12.1. The number of benzene rings is 1. The molecule has 0 unspecified atom stereocenters. The molecule has 0 fully saturated rings. The molecule has 0 bridgehead atoms. The van der Waals surface area contributed by atoms with Crippen LogP contribution in [0.1, 0.15) is 102 Å². The van der Waals surface area contributed by atoms with Crippen LogP contribution in [0.3, 0.4) is 0 Å². The molecule has 0 saturated carbocycles. The molecule has 0 heterocycles. The Morgan fingerprint density at radius 1 is 0.963 bits per heavy atom. The molecule has 0 spiro atoms. The number of hydrogen-bond donors (Lipinski definition) is 1. The highest BCUT2D eigenvalue weighted by Crippen LogP contribution is 2.34. The van der Waals surface area contributed by atoms with Crippen LogP contribution in [0, 0.1) is 6.92 Å². The number of ether oxygens (including phenoxy) is 1. The first-order valence-corrected chi connectivity index (χ1v) is 10.7. The van der Waals surface area contributed by atoms with Crippen LogP contribution in [0.15, 0.2) is 12.1 Å². The topological polar surface area (TPSA) is 46.5 Å². The van der Waals surface area contributed by atoms with E-state index in [0.29, 0.717) is 12.4 Å². The van der Waals surface area contributed by atoms with E-state index in [4.69, 9.17) is 4.74 Å². The number of unbranched alkanes of at least 4 members (excludes halogenated alkanes) is 8. The number of hydrogen-bond acceptors (Lipinski definition) is 3. The molecule has 1 rings (SSSR count). The molecule has 0 aliphatic carbocycles. The molecule has 1 N–H and O–H groups in total. The van der Waals surface area contributed by atoms with Crippen LogP contribution in [-0.4, -0.2) is 17.7 Å². The van der Waals surface area contributed by atoms with Crippen LogP contribution >= 0.6 is 0 Å². The molecule has 1 aromatic rings. The van der Waals surface area contributed by atoms with Gasteiger partial charge in [-0.25, -0.2) is 0 Å². The lowest BCUT2D eigenvalue weighted by Crippen LogP contribution is -2.14. The highest BCUT2D eigenvalue weighted by atomic mass is 16.5. The number of aryl methyl sites for hydroxylation is 1. The van der Waals surface area contributed by atoms with Crippen molar-refractivity contribution in [1.29, 1.82) is 0 Å². The first kappa shape index (κ1) is 23.5. The summed E-state index contributed by atoms with van der Waals surface area (Å²) in [4.78, 5) is 12.1. The summed E-state index contributed by atoms with van der Waals surface area (Å²) in [5.74, 6) is 0.147. The fraction of sp³-hybridized carbons (Fsp3) is 0.708. The van der Waals surface area contributed by atoms with Crippen LogP contribution < -0.4 is 0 Å². The molecule has 0 radical (unpaired) electrons. The van der Waals surface area contributed by atoms with Crippen LogP contribution in [0.5, 0.6) is 5.75 Å². The van der Waals surface area contributed by atoms with Crippen molar-refractivity contribution in [1.82, 2.24) is 0 Å². The van der Waals surface area contributed by atoms with E-state index in [2.05, 4.69) is 27.7 Å². The Morgan fingerprint density at radius 2 is 1.52 bits per heavy atom. The normalized spacial score (nSPS) is 11.6. The van der Waals surface area contributed by atoms with Crippen LogP contribution in [0.25, 0.3) is 0 Å². The van der Waals surface area contributed by atoms with E-state index in [1.807, 2.05) is 19.1 Å². The standard InChI is InChI=1S/C24H40O3/c1-6-7-8-9-10-11-12-13-14-15-27-22(25)18-20-16-19(2)23(26)21(17-20)24(3,4)5/h16-17,26H,6-15,18H2,1-5H3. The van der Waals surface area contributed by atoms with E-state index in [1.165, 1.54) is 44.9 Å². The SMILES string of the molecule is CCCCCCCCCCCOC(=O)Cc1cc(C)c(O)c(C(C)(C)C)c1. The van der Waals surface area contributed by atoms with E-state index in [1.54, 1.807) is 0 Å². The van der Waals surface area contributed by atoms with Gasteiger partial charge in [0.2, 0.25) is 0 Å². The quantitative estimate of drug-likeness (QED) is 0.329. The molecule has 154 valence electrons. The van der Waals surface area contributed by atoms with Crippen LogP contribution in [0.2, 0.25) is 0 Å². The summed E-state index contributed by atoms with van der Waals surface area (Å²) in [7, 11) is 0. The highest BCUT2D eigenvalue weighted by Gasteiger charge is 2.20. The minimum atomic E-state index is -0.181. The molecule has 3 heteroatoms. The summed E-state index contributed by atoms with van der Waals surface area (Å²) < 4.78 is 5.40.